The predicted octanol–water partition coefficient (Wildman–Crippen LogP) is 3.89. The molecule has 0 aromatic heterocycles. The summed E-state index contributed by atoms with van der Waals surface area (Å²) >= 11 is 6.19. The molecule has 0 saturated carbocycles. The number of carbonyl (C=O) groups is 1. The molecule has 6 nitrogen and oxygen atoms in total. The van der Waals surface area contributed by atoms with E-state index in [0.29, 0.717) is 35.4 Å². The molecule has 0 bridgehead atoms. The SMILES string of the molecule is C=CCOc1c(Cl)cc(NC(=O)OCC(C)OC)cc1OCC. The first-order valence-electron chi connectivity index (χ1n) is 7.18. The summed E-state index contributed by atoms with van der Waals surface area (Å²) in [6.45, 7) is 8.09. The molecule has 1 atom stereocenters. The fourth-order valence-corrected chi connectivity index (χ4v) is 1.87. The quantitative estimate of drug-likeness (QED) is 0.689. The second-order valence-corrected chi connectivity index (χ2v) is 5.00. The van der Waals surface area contributed by atoms with Gasteiger partial charge in [-0.25, -0.2) is 4.79 Å². The highest BCUT2D eigenvalue weighted by molar-refractivity contribution is 6.32. The minimum atomic E-state index is -0.604. The summed E-state index contributed by atoms with van der Waals surface area (Å²) in [5.74, 6) is 0.836. The molecule has 1 aromatic carbocycles. The van der Waals surface area contributed by atoms with E-state index in [0.717, 1.165) is 0 Å². The Morgan fingerprint density at radius 1 is 1.43 bits per heavy atom. The first-order chi connectivity index (χ1) is 11.0. The summed E-state index contributed by atoms with van der Waals surface area (Å²) in [6, 6.07) is 3.18. The largest absolute Gasteiger partial charge is 0.490 e. The molecule has 0 aliphatic carbocycles. The zero-order chi connectivity index (χ0) is 17.2. The second kappa shape index (κ2) is 9.97. The topological polar surface area (TPSA) is 66.0 Å². The summed E-state index contributed by atoms with van der Waals surface area (Å²) < 4.78 is 21.0. The first-order valence-corrected chi connectivity index (χ1v) is 7.56. The molecule has 7 heteroatoms. The van der Waals surface area contributed by atoms with E-state index in [1.54, 1.807) is 32.2 Å². The van der Waals surface area contributed by atoms with E-state index in [-0.39, 0.29) is 12.7 Å². The maximum Gasteiger partial charge on any atom is 0.411 e. The van der Waals surface area contributed by atoms with E-state index in [1.165, 1.54) is 0 Å². The zero-order valence-corrected chi connectivity index (χ0v) is 14.3. The smallest absolute Gasteiger partial charge is 0.411 e. The Bertz CT molecular complexity index is 535. The van der Waals surface area contributed by atoms with Crippen molar-refractivity contribution in [3.63, 3.8) is 0 Å². The monoisotopic (exact) mass is 343 g/mol. The van der Waals surface area contributed by atoms with Crippen LogP contribution in [0.1, 0.15) is 13.8 Å². The Morgan fingerprint density at radius 2 is 2.17 bits per heavy atom. The van der Waals surface area contributed by atoms with Gasteiger partial charge in [-0.2, -0.15) is 0 Å². The van der Waals surface area contributed by atoms with Crippen molar-refractivity contribution in [3.8, 4) is 11.5 Å². The van der Waals surface area contributed by atoms with Crippen molar-refractivity contribution in [3.05, 3.63) is 29.8 Å². The molecule has 0 fully saturated rings. The molecular formula is C16H22ClNO5. The van der Waals surface area contributed by atoms with Crippen LogP contribution in [0.2, 0.25) is 5.02 Å². The molecule has 0 spiro atoms. The number of halogens is 1. The van der Waals surface area contributed by atoms with Crippen LogP contribution in [0.5, 0.6) is 11.5 Å². The molecule has 128 valence electrons. The van der Waals surface area contributed by atoms with Gasteiger partial charge in [-0.1, -0.05) is 24.3 Å². The number of benzene rings is 1. The van der Waals surface area contributed by atoms with E-state index >= 15 is 0 Å². The van der Waals surface area contributed by atoms with E-state index < -0.39 is 6.09 Å². The lowest BCUT2D eigenvalue weighted by atomic mass is 10.2. The number of nitrogens with one attached hydrogen (secondary N) is 1. The van der Waals surface area contributed by atoms with E-state index in [4.69, 9.17) is 30.5 Å². The van der Waals surface area contributed by atoms with Crippen LogP contribution in [0.4, 0.5) is 10.5 Å². The van der Waals surface area contributed by atoms with E-state index in [1.807, 2.05) is 6.92 Å². The standard InChI is InChI=1S/C16H22ClNO5/c1-5-7-22-15-13(17)8-12(9-14(15)21-6-2)18-16(19)23-10-11(3)20-4/h5,8-9,11H,1,6-7,10H2,2-4H3,(H,18,19). The Morgan fingerprint density at radius 3 is 2.78 bits per heavy atom. The van der Waals surface area contributed by atoms with Gasteiger partial charge in [-0.3, -0.25) is 5.32 Å². The van der Waals surface area contributed by atoms with E-state index in [2.05, 4.69) is 11.9 Å². The maximum absolute atomic E-state index is 11.8. The number of hydrogen-bond acceptors (Lipinski definition) is 5. The lowest BCUT2D eigenvalue weighted by Crippen LogP contribution is -2.21. The fourth-order valence-electron chi connectivity index (χ4n) is 1.60. The van der Waals surface area contributed by atoms with Crippen molar-refractivity contribution < 1.29 is 23.7 Å². The molecule has 23 heavy (non-hydrogen) atoms. The Balaban J connectivity index is 2.83. The van der Waals surface area contributed by atoms with Gasteiger partial charge >= 0.3 is 6.09 Å². The highest BCUT2D eigenvalue weighted by atomic mass is 35.5. The molecule has 1 amide bonds. The number of amides is 1. The van der Waals surface area contributed by atoms with Gasteiger partial charge in [0.15, 0.2) is 11.5 Å². The molecule has 0 saturated heterocycles. The number of carbonyl (C=O) groups excluding carboxylic acids is 1. The summed E-state index contributed by atoms with van der Waals surface area (Å²) in [6.07, 6.45) is 0.817. The van der Waals surface area contributed by atoms with Crippen LogP contribution in [-0.2, 0) is 9.47 Å². The Labute approximate surface area is 141 Å². The third-order valence-corrected chi connectivity index (χ3v) is 3.03. The highest BCUT2D eigenvalue weighted by Gasteiger charge is 2.14. The number of anilines is 1. The fraction of sp³-hybridized carbons (Fsp3) is 0.438. The molecule has 0 radical (unpaired) electrons. The summed E-state index contributed by atoms with van der Waals surface area (Å²) in [7, 11) is 1.54. The van der Waals surface area contributed by atoms with Gasteiger partial charge in [0, 0.05) is 18.9 Å². The van der Waals surface area contributed by atoms with Crippen LogP contribution in [-0.4, -0.2) is 39.1 Å². The van der Waals surface area contributed by atoms with Crippen molar-refractivity contribution in [2.75, 3.05) is 32.2 Å². The van der Waals surface area contributed by atoms with Gasteiger partial charge in [-0.05, 0) is 19.9 Å². The van der Waals surface area contributed by atoms with Crippen LogP contribution < -0.4 is 14.8 Å². The molecule has 0 heterocycles. The summed E-state index contributed by atoms with van der Waals surface area (Å²) in [5, 5.41) is 2.91. The lowest BCUT2D eigenvalue weighted by Gasteiger charge is -2.15. The van der Waals surface area contributed by atoms with Gasteiger partial charge in [0.2, 0.25) is 0 Å². The number of rotatable bonds is 9. The Hall–Kier alpha value is -1.92. The number of ether oxygens (including phenoxy) is 4. The molecule has 1 rings (SSSR count). The maximum atomic E-state index is 11.8. The Kier molecular flexibility index (Phi) is 8.29. The first kappa shape index (κ1) is 19.1. The molecular weight excluding hydrogens is 322 g/mol. The second-order valence-electron chi connectivity index (χ2n) is 4.59. The van der Waals surface area contributed by atoms with Gasteiger partial charge in [0.1, 0.15) is 13.2 Å². The minimum absolute atomic E-state index is 0.148. The minimum Gasteiger partial charge on any atom is -0.490 e. The predicted molar refractivity (Wildman–Crippen MR) is 89.8 cm³/mol. The molecule has 1 N–H and O–H groups in total. The normalized spacial score (nSPS) is 11.5. The molecule has 1 aromatic rings. The van der Waals surface area contributed by atoms with Crippen LogP contribution in [0.3, 0.4) is 0 Å². The van der Waals surface area contributed by atoms with Gasteiger partial charge in [-0.15, -0.1) is 0 Å². The van der Waals surface area contributed by atoms with Crippen LogP contribution in [0.15, 0.2) is 24.8 Å². The average Bonchev–Trinajstić information content (AvgIpc) is 2.52. The highest BCUT2D eigenvalue weighted by Crippen LogP contribution is 2.38. The van der Waals surface area contributed by atoms with Crippen LogP contribution in [0, 0.1) is 0 Å². The van der Waals surface area contributed by atoms with Gasteiger partial charge < -0.3 is 18.9 Å². The van der Waals surface area contributed by atoms with Crippen molar-refractivity contribution in [2.24, 2.45) is 0 Å². The van der Waals surface area contributed by atoms with Crippen molar-refractivity contribution in [1.82, 2.24) is 0 Å². The third-order valence-electron chi connectivity index (χ3n) is 2.75. The van der Waals surface area contributed by atoms with Gasteiger partial charge in [0.25, 0.3) is 0 Å². The third kappa shape index (κ3) is 6.38. The van der Waals surface area contributed by atoms with Gasteiger partial charge in [0.05, 0.1) is 17.7 Å². The summed E-state index contributed by atoms with van der Waals surface area (Å²) in [4.78, 5) is 11.8. The number of methoxy groups -OCH3 is 1. The molecule has 1 unspecified atom stereocenters. The average molecular weight is 344 g/mol. The van der Waals surface area contributed by atoms with Crippen LogP contribution in [0.25, 0.3) is 0 Å². The molecule has 0 aliphatic heterocycles. The van der Waals surface area contributed by atoms with Crippen molar-refractivity contribution in [1.29, 1.82) is 0 Å². The lowest BCUT2D eigenvalue weighted by molar-refractivity contribution is 0.0508. The van der Waals surface area contributed by atoms with E-state index in [9.17, 15) is 4.79 Å². The number of hydrogen-bond donors (Lipinski definition) is 1. The molecule has 0 aliphatic rings. The zero-order valence-electron chi connectivity index (χ0n) is 13.6. The van der Waals surface area contributed by atoms with Crippen molar-refractivity contribution in [2.45, 2.75) is 20.0 Å². The van der Waals surface area contributed by atoms with Crippen molar-refractivity contribution >= 4 is 23.4 Å². The summed E-state index contributed by atoms with van der Waals surface area (Å²) in [5.41, 5.74) is 0.444. The van der Waals surface area contributed by atoms with Crippen LogP contribution >= 0.6 is 11.6 Å².